The van der Waals surface area contributed by atoms with Crippen molar-refractivity contribution >= 4 is 6.09 Å². The van der Waals surface area contributed by atoms with Gasteiger partial charge in [0.1, 0.15) is 5.60 Å². The van der Waals surface area contributed by atoms with Gasteiger partial charge in [-0.15, -0.1) is 0 Å². The van der Waals surface area contributed by atoms with Crippen LogP contribution in [-0.2, 0) is 11.2 Å². The molecular formula is C18H29N3O2. The average Bonchev–Trinajstić information content (AvgIpc) is 2.72. The summed E-state index contributed by atoms with van der Waals surface area (Å²) in [5.41, 5.74) is 0.726. The first kappa shape index (κ1) is 17.7. The molecule has 0 saturated carbocycles. The molecule has 23 heavy (non-hydrogen) atoms. The van der Waals surface area contributed by atoms with Crippen LogP contribution in [0.2, 0.25) is 0 Å². The molecule has 0 aromatic carbocycles. The molecule has 1 amide bonds. The van der Waals surface area contributed by atoms with Crippen molar-refractivity contribution in [2.75, 3.05) is 32.7 Å². The lowest BCUT2D eigenvalue weighted by atomic mass is 10.2. The molecule has 0 radical (unpaired) electrons. The van der Waals surface area contributed by atoms with Gasteiger partial charge in [0.15, 0.2) is 0 Å². The van der Waals surface area contributed by atoms with Crippen molar-refractivity contribution in [2.45, 2.75) is 45.6 Å². The van der Waals surface area contributed by atoms with E-state index >= 15 is 0 Å². The van der Waals surface area contributed by atoms with Crippen LogP contribution in [0.15, 0.2) is 24.4 Å². The van der Waals surface area contributed by atoms with E-state index in [0.29, 0.717) is 0 Å². The monoisotopic (exact) mass is 319 g/mol. The van der Waals surface area contributed by atoms with Crippen LogP contribution in [0.3, 0.4) is 0 Å². The first-order valence-electron chi connectivity index (χ1n) is 8.54. The van der Waals surface area contributed by atoms with Crippen LogP contribution < -0.4 is 0 Å². The second kappa shape index (κ2) is 8.29. The molecule has 1 fully saturated rings. The van der Waals surface area contributed by atoms with Crippen LogP contribution in [0.5, 0.6) is 0 Å². The van der Waals surface area contributed by atoms with Gasteiger partial charge in [0, 0.05) is 31.5 Å². The summed E-state index contributed by atoms with van der Waals surface area (Å²) in [7, 11) is 0. The zero-order valence-corrected chi connectivity index (χ0v) is 14.6. The fraction of sp³-hybridized carbons (Fsp3) is 0.667. The van der Waals surface area contributed by atoms with E-state index in [2.05, 4.69) is 16.0 Å². The van der Waals surface area contributed by atoms with Gasteiger partial charge in [-0.3, -0.25) is 4.98 Å². The summed E-state index contributed by atoms with van der Waals surface area (Å²) < 4.78 is 5.47. The molecule has 1 aromatic rings. The van der Waals surface area contributed by atoms with Crippen LogP contribution in [0, 0.1) is 0 Å². The Balaban J connectivity index is 1.72. The number of rotatable bonds is 4. The Bertz CT molecular complexity index is 485. The topological polar surface area (TPSA) is 45.7 Å². The number of pyridine rings is 1. The van der Waals surface area contributed by atoms with E-state index in [1.54, 1.807) is 0 Å². The van der Waals surface area contributed by atoms with Crippen LogP contribution >= 0.6 is 0 Å². The third kappa shape index (κ3) is 6.57. The van der Waals surface area contributed by atoms with Gasteiger partial charge in [0.2, 0.25) is 0 Å². The van der Waals surface area contributed by atoms with E-state index < -0.39 is 5.60 Å². The Hall–Kier alpha value is -1.62. The number of carbonyl (C=O) groups excluding carboxylic acids is 1. The van der Waals surface area contributed by atoms with Gasteiger partial charge >= 0.3 is 6.09 Å². The van der Waals surface area contributed by atoms with Crippen molar-refractivity contribution < 1.29 is 9.53 Å². The van der Waals surface area contributed by atoms with E-state index in [1.165, 1.54) is 0 Å². The first-order valence-corrected chi connectivity index (χ1v) is 8.54. The molecule has 0 N–H and O–H groups in total. The molecule has 5 heteroatoms. The first-order chi connectivity index (χ1) is 10.9. The normalized spacial score (nSPS) is 16.9. The average molecular weight is 319 g/mol. The predicted molar refractivity (Wildman–Crippen MR) is 91.4 cm³/mol. The van der Waals surface area contributed by atoms with Crippen molar-refractivity contribution in [3.05, 3.63) is 30.1 Å². The fourth-order valence-corrected chi connectivity index (χ4v) is 2.73. The molecular weight excluding hydrogens is 290 g/mol. The minimum absolute atomic E-state index is 0.187. The molecule has 1 saturated heterocycles. The van der Waals surface area contributed by atoms with Gasteiger partial charge in [-0.2, -0.15) is 0 Å². The highest BCUT2D eigenvalue weighted by Gasteiger charge is 2.24. The highest BCUT2D eigenvalue weighted by molar-refractivity contribution is 5.68. The highest BCUT2D eigenvalue weighted by Crippen LogP contribution is 2.12. The lowest BCUT2D eigenvalue weighted by molar-refractivity contribution is 0.0257. The van der Waals surface area contributed by atoms with Gasteiger partial charge in [0.25, 0.3) is 0 Å². The highest BCUT2D eigenvalue weighted by atomic mass is 16.6. The van der Waals surface area contributed by atoms with Gasteiger partial charge in [-0.05, 0) is 65.3 Å². The molecule has 0 spiro atoms. The molecule has 0 atom stereocenters. The Morgan fingerprint density at radius 1 is 1.22 bits per heavy atom. The Morgan fingerprint density at radius 3 is 2.74 bits per heavy atom. The third-order valence-electron chi connectivity index (χ3n) is 3.87. The lowest BCUT2D eigenvalue weighted by Crippen LogP contribution is -2.39. The molecule has 1 aliphatic rings. The quantitative estimate of drug-likeness (QED) is 0.856. The summed E-state index contributed by atoms with van der Waals surface area (Å²) in [6.45, 7) is 10.3. The molecule has 0 bridgehead atoms. The molecule has 2 rings (SSSR count). The van der Waals surface area contributed by atoms with Crippen molar-refractivity contribution in [1.29, 1.82) is 0 Å². The van der Waals surface area contributed by atoms with E-state index in [9.17, 15) is 4.79 Å². The van der Waals surface area contributed by atoms with Gasteiger partial charge < -0.3 is 14.5 Å². The molecule has 0 unspecified atom stereocenters. The van der Waals surface area contributed by atoms with Gasteiger partial charge in [-0.25, -0.2) is 4.79 Å². The number of aryl methyl sites for hydroxylation is 1. The predicted octanol–water partition coefficient (Wildman–Crippen LogP) is 2.96. The van der Waals surface area contributed by atoms with Crippen molar-refractivity contribution in [2.24, 2.45) is 0 Å². The Morgan fingerprint density at radius 2 is 2.04 bits per heavy atom. The molecule has 0 aliphatic carbocycles. The van der Waals surface area contributed by atoms with E-state index in [1.807, 2.05) is 44.0 Å². The zero-order valence-electron chi connectivity index (χ0n) is 14.6. The number of aromatic nitrogens is 1. The second-order valence-electron chi connectivity index (χ2n) is 7.09. The minimum atomic E-state index is -0.425. The zero-order chi connectivity index (χ0) is 16.7. The summed E-state index contributed by atoms with van der Waals surface area (Å²) in [6.07, 6.45) is 4.77. The summed E-state index contributed by atoms with van der Waals surface area (Å²) in [5.74, 6) is 0. The maximum atomic E-state index is 12.1. The smallest absolute Gasteiger partial charge is 0.410 e. The second-order valence-corrected chi connectivity index (χ2v) is 7.09. The lowest BCUT2D eigenvalue weighted by Gasteiger charge is -2.26. The number of ether oxygens (including phenoxy) is 1. The van der Waals surface area contributed by atoms with Crippen molar-refractivity contribution in [1.82, 2.24) is 14.8 Å². The minimum Gasteiger partial charge on any atom is -0.444 e. The molecule has 1 aromatic heterocycles. The Kier molecular flexibility index (Phi) is 6.39. The molecule has 128 valence electrons. The van der Waals surface area contributed by atoms with Crippen LogP contribution in [0.1, 0.15) is 39.3 Å². The van der Waals surface area contributed by atoms with E-state index in [0.717, 1.165) is 57.7 Å². The van der Waals surface area contributed by atoms with Crippen LogP contribution in [0.25, 0.3) is 0 Å². The van der Waals surface area contributed by atoms with E-state index in [4.69, 9.17) is 4.74 Å². The molecule has 1 aliphatic heterocycles. The van der Waals surface area contributed by atoms with Crippen molar-refractivity contribution in [3.8, 4) is 0 Å². The summed E-state index contributed by atoms with van der Waals surface area (Å²) in [6, 6.07) is 6.06. The Labute approximate surface area is 139 Å². The number of hydrogen-bond donors (Lipinski definition) is 0. The summed E-state index contributed by atoms with van der Waals surface area (Å²) in [5, 5.41) is 0. The summed E-state index contributed by atoms with van der Waals surface area (Å²) >= 11 is 0. The summed E-state index contributed by atoms with van der Waals surface area (Å²) in [4.78, 5) is 20.8. The maximum Gasteiger partial charge on any atom is 0.410 e. The van der Waals surface area contributed by atoms with E-state index in [-0.39, 0.29) is 6.09 Å². The maximum absolute atomic E-state index is 12.1. The standard InChI is InChI=1S/C18H29N3O2/c1-18(2,3)23-17(22)21-13-7-12-20(14-15-21)11-6-9-16-8-4-5-10-19-16/h4-5,8,10H,6-7,9,11-15H2,1-3H3. The largest absolute Gasteiger partial charge is 0.444 e. The number of hydrogen-bond acceptors (Lipinski definition) is 4. The molecule has 5 nitrogen and oxygen atoms in total. The van der Waals surface area contributed by atoms with Crippen molar-refractivity contribution in [3.63, 3.8) is 0 Å². The van der Waals surface area contributed by atoms with Crippen LogP contribution in [0.4, 0.5) is 4.79 Å². The fourth-order valence-electron chi connectivity index (χ4n) is 2.73. The number of nitrogens with zero attached hydrogens (tertiary/aromatic N) is 3. The number of amides is 1. The number of carbonyl (C=O) groups is 1. The van der Waals surface area contributed by atoms with Crippen LogP contribution in [-0.4, -0.2) is 59.2 Å². The molecule has 2 heterocycles. The third-order valence-corrected chi connectivity index (χ3v) is 3.87. The van der Waals surface area contributed by atoms with Gasteiger partial charge in [-0.1, -0.05) is 6.07 Å². The van der Waals surface area contributed by atoms with Gasteiger partial charge in [0.05, 0.1) is 0 Å². The SMILES string of the molecule is CC(C)(C)OC(=O)N1CCCN(CCCc2ccccn2)CC1.